The molecular weight excluding hydrogens is 152 g/mol. The van der Waals surface area contributed by atoms with Crippen molar-refractivity contribution in [2.75, 3.05) is 6.61 Å². The van der Waals surface area contributed by atoms with Gasteiger partial charge >= 0.3 is 0 Å². The first-order valence-corrected chi connectivity index (χ1v) is 4.98. The molecule has 0 aromatic carbocycles. The van der Waals surface area contributed by atoms with Crippen molar-refractivity contribution in [3.8, 4) is 0 Å². The van der Waals surface area contributed by atoms with Crippen LogP contribution in [0.25, 0.3) is 0 Å². The maximum absolute atomic E-state index is 10.2. The van der Waals surface area contributed by atoms with Crippen LogP contribution in [0.2, 0.25) is 0 Å². The second kappa shape index (κ2) is 2.71. The summed E-state index contributed by atoms with van der Waals surface area (Å²) in [6, 6.07) is 0. The Hall–Kier alpha value is -0.0800. The fraction of sp³-hybridized carbons (Fsp3) is 1.00. The van der Waals surface area contributed by atoms with Crippen molar-refractivity contribution in [2.24, 2.45) is 0 Å². The molecular formula is C10H18O2. The van der Waals surface area contributed by atoms with Crippen LogP contribution >= 0.6 is 0 Å². The molecule has 1 N–H and O–H groups in total. The Labute approximate surface area is 73.9 Å². The minimum absolute atomic E-state index is 0.0199. The monoisotopic (exact) mass is 170 g/mol. The zero-order chi connectivity index (χ0) is 8.66. The van der Waals surface area contributed by atoms with Gasteiger partial charge in [0.05, 0.1) is 17.8 Å². The molecule has 0 radical (unpaired) electrons. The largest absolute Gasteiger partial charge is 0.390 e. The van der Waals surface area contributed by atoms with Gasteiger partial charge in [0.2, 0.25) is 0 Å². The van der Waals surface area contributed by atoms with Crippen LogP contribution in [0.1, 0.15) is 45.4 Å². The SMILES string of the molecule is C[C@]1(CC2(O)CCCCC2)CO1. The lowest BCUT2D eigenvalue weighted by molar-refractivity contribution is -0.0208. The number of ether oxygens (including phenoxy) is 1. The summed E-state index contributed by atoms with van der Waals surface area (Å²) in [4.78, 5) is 0. The van der Waals surface area contributed by atoms with Gasteiger partial charge in [0.1, 0.15) is 0 Å². The Morgan fingerprint density at radius 3 is 2.33 bits per heavy atom. The fourth-order valence-electron chi connectivity index (χ4n) is 2.31. The molecule has 2 nitrogen and oxygen atoms in total. The molecule has 1 atom stereocenters. The molecule has 0 aromatic heterocycles. The van der Waals surface area contributed by atoms with Crippen LogP contribution in [0.15, 0.2) is 0 Å². The van der Waals surface area contributed by atoms with E-state index in [2.05, 4.69) is 6.92 Å². The lowest BCUT2D eigenvalue weighted by atomic mass is 9.79. The van der Waals surface area contributed by atoms with E-state index >= 15 is 0 Å². The second-order valence-corrected chi connectivity index (χ2v) is 4.70. The first-order valence-electron chi connectivity index (χ1n) is 4.98. The normalized spacial score (nSPS) is 39.5. The van der Waals surface area contributed by atoms with Crippen molar-refractivity contribution >= 4 is 0 Å². The molecule has 0 amide bonds. The Morgan fingerprint density at radius 1 is 1.25 bits per heavy atom. The van der Waals surface area contributed by atoms with Gasteiger partial charge in [-0.2, -0.15) is 0 Å². The summed E-state index contributed by atoms with van der Waals surface area (Å²) in [6.07, 6.45) is 6.47. The van der Waals surface area contributed by atoms with E-state index in [0.717, 1.165) is 25.9 Å². The standard InChI is InChI=1S/C10H18O2/c1-9(8-12-9)7-10(11)5-3-2-4-6-10/h11H,2-8H2,1H3/t9-/m0/s1. The second-order valence-electron chi connectivity index (χ2n) is 4.70. The molecule has 1 aliphatic heterocycles. The third-order valence-corrected chi connectivity index (χ3v) is 3.12. The Morgan fingerprint density at radius 2 is 1.83 bits per heavy atom. The number of epoxide rings is 1. The first kappa shape index (κ1) is 8.52. The van der Waals surface area contributed by atoms with Crippen LogP contribution in [-0.4, -0.2) is 22.9 Å². The summed E-state index contributed by atoms with van der Waals surface area (Å²) >= 11 is 0. The number of rotatable bonds is 2. The van der Waals surface area contributed by atoms with Crippen molar-refractivity contribution in [3.63, 3.8) is 0 Å². The van der Waals surface area contributed by atoms with E-state index in [-0.39, 0.29) is 5.60 Å². The molecule has 2 rings (SSSR count). The van der Waals surface area contributed by atoms with Gasteiger partial charge in [-0.1, -0.05) is 19.3 Å². The van der Waals surface area contributed by atoms with E-state index in [4.69, 9.17) is 4.74 Å². The summed E-state index contributed by atoms with van der Waals surface area (Å²) in [5.74, 6) is 0. The molecule has 0 unspecified atom stereocenters. The highest BCUT2D eigenvalue weighted by Gasteiger charge is 2.46. The maximum atomic E-state index is 10.2. The molecule has 70 valence electrons. The van der Waals surface area contributed by atoms with Crippen LogP contribution in [0, 0.1) is 0 Å². The first-order chi connectivity index (χ1) is 5.62. The van der Waals surface area contributed by atoms with Crippen LogP contribution in [-0.2, 0) is 4.74 Å². The number of aliphatic hydroxyl groups is 1. The predicted molar refractivity (Wildman–Crippen MR) is 47.0 cm³/mol. The van der Waals surface area contributed by atoms with Crippen molar-refractivity contribution < 1.29 is 9.84 Å². The van der Waals surface area contributed by atoms with Gasteiger partial charge in [0.25, 0.3) is 0 Å². The summed E-state index contributed by atoms with van der Waals surface area (Å²) in [5, 5.41) is 10.2. The van der Waals surface area contributed by atoms with Gasteiger partial charge in [-0.05, 0) is 19.8 Å². The van der Waals surface area contributed by atoms with Gasteiger partial charge in [-0.25, -0.2) is 0 Å². The van der Waals surface area contributed by atoms with Gasteiger partial charge in [0.15, 0.2) is 0 Å². The lowest BCUT2D eigenvalue weighted by Gasteiger charge is -2.33. The average molecular weight is 170 g/mol. The maximum Gasteiger partial charge on any atom is 0.0915 e. The lowest BCUT2D eigenvalue weighted by Crippen LogP contribution is -2.35. The zero-order valence-electron chi connectivity index (χ0n) is 7.81. The van der Waals surface area contributed by atoms with E-state index in [1.165, 1.54) is 19.3 Å². The molecule has 1 saturated heterocycles. The van der Waals surface area contributed by atoms with Gasteiger partial charge in [-0.15, -0.1) is 0 Å². The highest BCUT2D eigenvalue weighted by molar-refractivity contribution is 4.96. The third kappa shape index (κ3) is 1.80. The highest BCUT2D eigenvalue weighted by Crippen LogP contribution is 2.41. The number of hydrogen-bond donors (Lipinski definition) is 1. The third-order valence-electron chi connectivity index (χ3n) is 3.12. The molecule has 2 heteroatoms. The Balaban J connectivity index is 1.90. The van der Waals surface area contributed by atoms with E-state index in [9.17, 15) is 5.11 Å². The van der Waals surface area contributed by atoms with Crippen LogP contribution in [0.4, 0.5) is 0 Å². The fourth-order valence-corrected chi connectivity index (χ4v) is 2.31. The summed E-state index contributed by atoms with van der Waals surface area (Å²) in [5.41, 5.74) is -0.379. The van der Waals surface area contributed by atoms with Crippen LogP contribution in [0.5, 0.6) is 0 Å². The van der Waals surface area contributed by atoms with Crippen molar-refractivity contribution in [3.05, 3.63) is 0 Å². The zero-order valence-corrected chi connectivity index (χ0v) is 7.81. The molecule has 0 spiro atoms. The van der Waals surface area contributed by atoms with Gasteiger partial charge in [-0.3, -0.25) is 0 Å². The minimum Gasteiger partial charge on any atom is -0.390 e. The molecule has 2 fully saturated rings. The van der Waals surface area contributed by atoms with E-state index in [1.54, 1.807) is 0 Å². The Kier molecular flexibility index (Phi) is 1.92. The highest BCUT2D eigenvalue weighted by atomic mass is 16.6. The Bertz CT molecular complexity index is 167. The van der Waals surface area contributed by atoms with E-state index in [0.29, 0.717) is 0 Å². The number of hydrogen-bond acceptors (Lipinski definition) is 2. The van der Waals surface area contributed by atoms with Crippen molar-refractivity contribution in [2.45, 2.75) is 56.7 Å². The van der Waals surface area contributed by atoms with Gasteiger partial charge in [0, 0.05) is 6.42 Å². The average Bonchev–Trinajstić information content (AvgIpc) is 2.67. The molecule has 0 bridgehead atoms. The van der Waals surface area contributed by atoms with E-state index in [1.807, 2.05) is 0 Å². The minimum atomic E-state index is -0.399. The molecule has 12 heavy (non-hydrogen) atoms. The quantitative estimate of drug-likeness (QED) is 0.642. The smallest absolute Gasteiger partial charge is 0.0915 e. The van der Waals surface area contributed by atoms with Crippen molar-refractivity contribution in [1.82, 2.24) is 0 Å². The van der Waals surface area contributed by atoms with Crippen LogP contribution in [0.3, 0.4) is 0 Å². The molecule has 1 aliphatic carbocycles. The molecule has 0 aromatic rings. The molecule has 2 aliphatic rings. The van der Waals surface area contributed by atoms with Crippen LogP contribution < -0.4 is 0 Å². The summed E-state index contributed by atoms with van der Waals surface area (Å²) < 4.78 is 5.30. The van der Waals surface area contributed by atoms with Crippen molar-refractivity contribution in [1.29, 1.82) is 0 Å². The molecule has 1 saturated carbocycles. The predicted octanol–water partition coefficient (Wildman–Crippen LogP) is 1.86. The summed E-state index contributed by atoms with van der Waals surface area (Å²) in [7, 11) is 0. The topological polar surface area (TPSA) is 32.8 Å². The van der Waals surface area contributed by atoms with Gasteiger partial charge < -0.3 is 9.84 Å². The molecule has 1 heterocycles. The summed E-state index contributed by atoms with van der Waals surface area (Å²) in [6.45, 7) is 2.94. The van der Waals surface area contributed by atoms with E-state index < -0.39 is 5.60 Å².